The number of hydrogen-bond acceptors (Lipinski definition) is 3. The number of hydrogen-bond donors (Lipinski definition) is 4. The molecule has 1 aliphatic rings. The second-order valence-corrected chi connectivity index (χ2v) is 4.19. The van der Waals surface area contributed by atoms with Gasteiger partial charge in [0.15, 0.2) is 0 Å². The summed E-state index contributed by atoms with van der Waals surface area (Å²) in [6.45, 7) is 0.789. The first-order valence-corrected chi connectivity index (χ1v) is 5.66. The van der Waals surface area contributed by atoms with Gasteiger partial charge in [-0.2, -0.15) is 0 Å². The monoisotopic (exact) mass is 228 g/mol. The molecule has 0 bridgehead atoms. The zero-order valence-corrected chi connectivity index (χ0v) is 9.37. The highest BCUT2D eigenvalue weighted by atomic mass is 16.2. The van der Waals surface area contributed by atoms with Crippen LogP contribution < -0.4 is 22.1 Å². The Balaban J connectivity index is 2.12. The van der Waals surface area contributed by atoms with Gasteiger partial charge in [-0.25, -0.2) is 4.79 Å². The van der Waals surface area contributed by atoms with Gasteiger partial charge in [0.2, 0.25) is 5.91 Å². The summed E-state index contributed by atoms with van der Waals surface area (Å²) in [5.74, 6) is 0.131. The first-order valence-electron chi connectivity index (χ1n) is 5.66. The summed E-state index contributed by atoms with van der Waals surface area (Å²) >= 11 is 0. The maximum atomic E-state index is 11.7. The number of rotatable bonds is 4. The van der Waals surface area contributed by atoms with Crippen molar-refractivity contribution >= 4 is 11.9 Å². The van der Waals surface area contributed by atoms with Gasteiger partial charge in [0, 0.05) is 25.0 Å². The number of amides is 3. The van der Waals surface area contributed by atoms with E-state index in [2.05, 4.69) is 10.6 Å². The Bertz CT molecular complexity index is 249. The molecule has 1 rings (SSSR count). The summed E-state index contributed by atoms with van der Waals surface area (Å²) in [5.41, 5.74) is 10.6. The van der Waals surface area contributed by atoms with E-state index < -0.39 is 6.03 Å². The first kappa shape index (κ1) is 12.8. The summed E-state index contributed by atoms with van der Waals surface area (Å²) in [6, 6.07) is -0.321. The Morgan fingerprint density at radius 2 is 1.62 bits per heavy atom. The first-order chi connectivity index (χ1) is 7.59. The summed E-state index contributed by atoms with van der Waals surface area (Å²) in [5, 5.41) is 5.19. The molecule has 6 nitrogen and oxygen atoms in total. The highest BCUT2D eigenvalue weighted by Gasteiger charge is 2.23. The van der Waals surface area contributed by atoms with Crippen LogP contribution in [-0.2, 0) is 4.79 Å². The molecule has 0 radical (unpaired) electrons. The van der Waals surface area contributed by atoms with Gasteiger partial charge in [0.25, 0.3) is 0 Å². The second kappa shape index (κ2) is 6.32. The lowest BCUT2D eigenvalue weighted by Crippen LogP contribution is -2.40. The summed E-state index contributed by atoms with van der Waals surface area (Å²) < 4.78 is 0. The minimum absolute atomic E-state index is 0.0539. The predicted octanol–water partition coefficient (Wildman–Crippen LogP) is -0.712. The van der Waals surface area contributed by atoms with E-state index in [1.54, 1.807) is 0 Å². The van der Waals surface area contributed by atoms with Crippen molar-refractivity contribution in [3.8, 4) is 0 Å². The van der Waals surface area contributed by atoms with Crippen LogP contribution >= 0.6 is 0 Å². The van der Waals surface area contributed by atoms with Crippen LogP contribution in [0.15, 0.2) is 0 Å². The van der Waals surface area contributed by atoms with E-state index in [1.807, 2.05) is 0 Å². The van der Waals surface area contributed by atoms with E-state index in [0.717, 1.165) is 25.7 Å². The van der Waals surface area contributed by atoms with E-state index in [4.69, 9.17) is 11.5 Å². The molecule has 0 aliphatic heterocycles. The van der Waals surface area contributed by atoms with Crippen LogP contribution in [0.5, 0.6) is 0 Å². The van der Waals surface area contributed by atoms with Gasteiger partial charge in [-0.1, -0.05) is 0 Å². The molecule has 1 aliphatic carbocycles. The quantitative estimate of drug-likeness (QED) is 0.477. The van der Waals surface area contributed by atoms with Crippen LogP contribution in [0.25, 0.3) is 0 Å². The van der Waals surface area contributed by atoms with Gasteiger partial charge >= 0.3 is 6.03 Å². The number of carbonyl (C=O) groups is 2. The van der Waals surface area contributed by atoms with E-state index >= 15 is 0 Å². The molecule has 0 heterocycles. The van der Waals surface area contributed by atoms with Crippen molar-refractivity contribution in [2.75, 3.05) is 13.1 Å². The van der Waals surface area contributed by atoms with Crippen LogP contribution in [-0.4, -0.2) is 31.1 Å². The Hall–Kier alpha value is -1.30. The molecule has 16 heavy (non-hydrogen) atoms. The fourth-order valence-corrected chi connectivity index (χ4v) is 1.90. The lowest BCUT2D eigenvalue weighted by atomic mass is 9.86. The molecule has 92 valence electrons. The van der Waals surface area contributed by atoms with Crippen molar-refractivity contribution in [3.63, 3.8) is 0 Å². The molecule has 6 heteroatoms. The van der Waals surface area contributed by atoms with Gasteiger partial charge in [-0.05, 0) is 25.7 Å². The Morgan fingerprint density at radius 3 is 2.19 bits per heavy atom. The summed E-state index contributed by atoms with van der Waals surface area (Å²) in [7, 11) is 0. The lowest BCUT2D eigenvalue weighted by molar-refractivity contribution is -0.125. The molecular weight excluding hydrogens is 208 g/mol. The van der Waals surface area contributed by atoms with Crippen LogP contribution in [0, 0.1) is 5.92 Å². The number of nitrogens with two attached hydrogens (primary N) is 2. The van der Waals surface area contributed by atoms with Gasteiger partial charge in [0.05, 0.1) is 0 Å². The maximum Gasteiger partial charge on any atom is 0.312 e. The Labute approximate surface area is 95.1 Å². The number of carbonyl (C=O) groups excluding carboxylic acids is 2. The normalized spacial score (nSPS) is 24.8. The van der Waals surface area contributed by atoms with Crippen molar-refractivity contribution in [2.45, 2.75) is 31.7 Å². The number of primary amides is 1. The van der Waals surface area contributed by atoms with Gasteiger partial charge < -0.3 is 22.1 Å². The average molecular weight is 228 g/mol. The molecule has 1 saturated carbocycles. The second-order valence-electron chi connectivity index (χ2n) is 4.19. The molecule has 6 N–H and O–H groups in total. The van der Waals surface area contributed by atoms with Gasteiger partial charge in [-0.3, -0.25) is 4.79 Å². The van der Waals surface area contributed by atoms with Crippen molar-refractivity contribution < 1.29 is 9.59 Å². The van der Waals surface area contributed by atoms with Crippen molar-refractivity contribution in [1.29, 1.82) is 0 Å². The minimum atomic E-state index is -0.571. The van der Waals surface area contributed by atoms with Crippen molar-refractivity contribution in [1.82, 2.24) is 10.6 Å². The summed E-state index contributed by atoms with van der Waals surface area (Å²) in [4.78, 5) is 22.0. The zero-order valence-electron chi connectivity index (χ0n) is 9.37. The van der Waals surface area contributed by atoms with E-state index in [-0.39, 0.29) is 17.9 Å². The Morgan fingerprint density at radius 1 is 1.06 bits per heavy atom. The molecule has 0 spiro atoms. The van der Waals surface area contributed by atoms with Crippen LogP contribution in [0.4, 0.5) is 4.79 Å². The third-order valence-electron chi connectivity index (χ3n) is 2.87. The minimum Gasteiger partial charge on any atom is -0.354 e. The predicted molar refractivity (Wildman–Crippen MR) is 60.5 cm³/mol. The third kappa shape index (κ3) is 4.48. The third-order valence-corrected chi connectivity index (χ3v) is 2.87. The smallest absolute Gasteiger partial charge is 0.312 e. The molecule has 0 saturated heterocycles. The molecule has 3 amide bonds. The fraction of sp³-hybridized carbons (Fsp3) is 0.800. The average Bonchev–Trinajstić information content (AvgIpc) is 2.25. The maximum absolute atomic E-state index is 11.7. The lowest BCUT2D eigenvalue weighted by Gasteiger charge is -2.25. The van der Waals surface area contributed by atoms with Crippen LogP contribution in [0.3, 0.4) is 0 Å². The molecular formula is C10H20N4O2. The van der Waals surface area contributed by atoms with Crippen LogP contribution in [0.2, 0.25) is 0 Å². The van der Waals surface area contributed by atoms with Gasteiger partial charge in [0.1, 0.15) is 0 Å². The van der Waals surface area contributed by atoms with Crippen molar-refractivity contribution in [3.05, 3.63) is 0 Å². The largest absolute Gasteiger partial charge is 0.354 e. The SMILES string of the molecule is NC(=O)NCCNC(=O)C1CCC(N)CC1. The molecule has 0 aromatic rings. The molecule has 0 aromatic heterocycles. The molecule has 0 unspecified atom stereocenters. The molecule has 0 aromatic carbocycles. The fourth-order valence-electron chi connectivity index (χ4n) is 1.90. The zero-order chi connectivity index (χ0) is 12.0. The van der Waals surface area contributed by atoms with Crippen molar-refractivity contribution in [2.24, 2.45) is 17.4 Å². The highest BCUT2D eigenvalue weighted by molar-refractivity contribution is 5.78. The molecule has 1 fully saturated rings. The van der Waals surface area contributed by atoms with Crippen LogP contribution in [0.1, 0.15) is 25.7 Å². The van der Waals surface area contributed by atoms with Gasteiger partial charge in [-0.15, -0.1) is 0 Å². The van der Waals surface area contributed by atoms with E-state index in [9.17, 15) is 9.59 Å². The standard InChI is InChI=1S/C10H20N4O2/c11-8-3-1-7(2-4-8)9(15)13-5-6-14-10(12)16/h7-8H,1-6,11H2,(H,13,15)(H3,12,14,16). The molecule has 0 atom stereocenters. The number of nitrogens with one attached hydrogen (secondary N) is 2. The number of urea groups is 1. The summed E-state index contributed by atoms with van der Waals surface area (Å²) in [6.07, 6.45) is 3.54. The van der Waals surface area contributed by atoms with E-state index in [0.29, 0.717) is 13.1 Å². The van der Waals surface area contributed by atoms with E-state index in [1.165, 1.54) is 0 Å². The topological polar surface area (TPSA) is 110 Å². The Kier molecular flexibility index (Phi) is 5.04. The highest BCUT2D eigenvalue weighted by Crippen LogP contribution is 2.22.